The van der Waals surface area contributed by atoms with Crippen molar-refractivity contribution in [3.8, 4) is 0 Å². The van der Waals surface area contributed by atoms with Gasteiger partial charge in [-0.05, 0) is 24.0 Å². The van der Waals surface area contributed by atoms with Crippen molar-refractivity contribution < 1.29 is 0 Å². The highest BCUT2D eigenvalue weighted by molar-refractivity contribution is 5.09. The maximum absolute atomic E-state index is 4.18. The van der Waals surface area contributed by atoms with Gasteiger partial charge >= 0.3 is 0 Å². The molecular weight excluding hydrogens is 194 g/mol. The van der Waals surface area contributed by atoms with Crippen molar-refractivity contribution in [2.45, 2.75) is 58.8 Å². The number of hydrogen-bond acceptors (Lipinski definition) is 1. The summed E-state index contributed by atoms with van der Waals surface area (Å²) >= 11 is 0. The van der Waals surface area contributed by atoms with E-state index in [1.165, 1.54) is 50.5 Å². The Balaban J connectivity index is 2.26. The molecule has 1 unspecified atom stereocenters. The minimum atomic E-state index is 0.848. The molecular formula is C15H25N. The normalized spacial score (nSPS) is 12.6. The maximum Gasteiger partial charge on any atom is 0.0299 e. The van der Waals surface area contributed by atoms with Crippen LogP contribution in [0, 0.1) is 5.92 Å². The van der Waals surface area contributed by atoms with Gasteiger partial charge in [0, 0.05) is 12.4 Å². The third-order valence-electron chi connectivity index (χ3n) is 3.29. The minimum absolute atomic E-state index is 0.848. The summed E-state index contributed by atoms with van der Waals surface area (Å²) in [5, 5.41) is 0. The first kappa shape index (κ1) is 13.2. The summed E-state index contributed by atoms with van der Waals surface area (Å²) in [6, 6.07) is 4.24. The van der Waals surface area contributed by atoms with Crippen LogP contribution < -0.4 is 0 Å². The van der Waals surface area contributed by atoms with Crippen LogP contribution in [0.1, 0.15) is 57.9 Å². The summed E-state index contributed by atoms with van der Waals surface area (Å²) in [4.78, 5) is 4.18. The molecule has 1 aromatic rings. The summed E-state index contributed by atoms with van der Waals surface area (Å²) in [6.45, 7) is 4.58. The van der Waals surface area contributed by atoms with Crippen molar-refractivity contribution in [1.29, 1.82) is 0 Å². The zero-order chi connectivity index (χ0) is 11.6. The lowest BCUT2D eigenvalue weighted by molar-refractivity contribution is 0.439. The van der Waals surface area contributed by atoms with Gasteiger partial charge in [-0.2, -0.15) is 0 Å². The maximum atomic E-state index is 4.18. The van der Waals surface area contributed by atoms with Crippen molar-refractivity contribution in [2.75, 3.05) is 0 Å². The zero-order valence-corrected chi connectivity index (χ0v) is 10.8. The molecule has 16 heavy (non-hydrogen) atoms. The van der Waals surface area contributed by atoms with E-state index in [-0.39, 0.29) is 0 Å². The fourth-order valence-electron chi connectivity index (χ4n) is 2.16. The average molecular weight is 219 g/mol. The number of hydrogen-bond donors (Lipinski definition) is 0. The zero-order valence-electron chi connectivity index (χ0n) is 10.8. The number of pyridine rings is 1. The number of nitrogens with zero attached hydrogens (tertiary/aromatic N) is 1. The molecule has 1 aromatic heterocycles. The van der Waals surface area contributed by atoms with E-state index in [9.17, 15) is 0 Å². The average Bonchev–Trinajstić information content (AvgIpc) is 2.34. The van der Waals surface area contributed by atoms with E-state index in [1.54, 1.807) is 0 Å². The van der Waals surface area contributed by atoms with E-state index in [0.29, 0.717) is 0 Å². The van der Waals surface area contributed by atoms with Gasteiger partial charge in [-0.1, -0.05) is 58.4 Å². The van der Waals surface area contributed by atoms with Crippen LogP contribution in [0.25, 0.3) is 0 Å². The molecule has 1 atom stereocenters. The number of aromatic nitrogens is 1. The number of rotatable bonds is 8. The quantitative estimate of drug-likeness (QED) is 0.581. The van der Waals surface area contributed by atoms with Crippen LogP contribution in [-0.4, -0.2) is 4.98 Å². The van der Waals surface area contributed by atoms with Crippen LogP contribution in [0.15, 0.2) is 24.5 Å². The Hall–Kier alpha value is -0.850. The fraction of sp³-hybridized carbons (Fsp3) is 0.667. The van der Waals surface area contributed by atoms with E-state index < -0.39 is 0 Å². The van der Waals surface area contributed by atoms with Gasteiger partial charge in [0.15, 0.2) is 0 Å². The van der Waals surface area contributed by atoms with Gasteiger partial charge in [0.2, 0.25) is 0 Å². The fourth-order valence-corrected chi connectivity index (χ4v) is 2.16. The van der Waals surface area contributed by atoms with Gasteiger partial charge in [0.25, 0.3) is 0 Å². The SMILES string of the molecule is CCCCCCC(CC)Cc1cccnc1. The van der Waals surface area contributed by atoms with Gasteiger partial charge in [-0.3, -0.25) is 4.98 Å². The lowest BCUT2D eigenvalue weighted by Crippen LogP contribution is -2.03. The third-order valence-corrected chi connectivity index (χ3v) is 3.29. The molecule has 1 heterocycles. The molecule has 1 rings (SSSR count). The predicted octanol–water partition coefficient (Wildman–Crippen LogP) is 4.62. The molecule has 0 bridgehead atoms. The van der Waals surface area contributed by atoms with Crippen LogP contribution in [-0.2, 0) is 6.42 Å². The largest absolute Gasteiger partial charge is 0.264 e. The summed E-state index contributed by atoms with van der Waals surface area (Å²) in [6.07, 6.45) is 13.3. The Morgan fingerprint density at radius 3 is 2.69 bits per heavy atom. The van der Waals surface area contributed by atoms with E-state index in [1.807, 2.05) is 18.5 Å². The Morgan fingerprint density at radius 1 is 1.19 bits per heavy atom. The summed E-state index contributed by atoms with van der Waals surface area (Å²) in [5.41, 5.74) is 1.39. The van der Waals surface area contributed by atoms with Crippen molar-refractivity contribution >= 4 is 0 Å². The van der Waals surface area contributed by atoms with Crippen LogP contribution in [0.5, 0.6) is 0 Å². The molecule has 0 spiro atoms. The van der Waals surface area contributed by atoms with E-state index >= 15 is 0 Å². The smallest absolute Gasteiger partial charge is 0.0299 e. The van der Waals surface area contributed by atoms with Gasteiger partial charge in [-0.15, -0.1) is 0 Å². The first-order valence-corrected chi connectivity index (χ1v) is 6.75. The van der Waals surface area contributed by atoms with E-state index in [0.717, 1.165) is 5.92 Å². The molecule has 0 fully saturated rings. The van der Waals surface area contributed by atoms with Gasteiger partial charge in [-0.25, -0.2) is 0 Å². The molecule has 90 valence electrons. The second-order valence-corrected chi connectivity index (χ2v) is 4.69. The van der Waals surface area contributed by atoms with Crippen molar-refractivity contribution in [3.05, 3.63) is 30.1 Å². The van der Waals surface area contributed by atoms with Crippen LogP contribution in [0.2, 0.25) is 0 Å². The predicted molar refractivity (Wildman–Crippen MR) is 70.5 cm³/mol. The molecule has 1 nitrogen and oxygen atoms in total. The summed E-state index contributed by atoms with van der Waals surface area (Å²) in [7, 11) is 0. The molecule has 0 radical (unpaired) electrons. The molecule has 0 aliphatic carbocycles. The van der Waals surface area contributed by atoms with Crippen LogP contribution in [0.3, 0.4) is 0 Å². The molecule has 0 aromatic carbocycles. The summed E-state index contributed by atoms with van der Waals surface area (Å²) in [5.74, 6) is 0.848. The second-order valence-electron chi connectivity index (χ2n) is 4.69. The van der Waals surface area contributed by atoms with Crippen LogP contribution in [0.4, 0.5) is 0 Å². The third kappa shape index (κ3) is 5.29. The van der Waals surface area contributed by atoms with Gasteiger partial charge in [0.1, 0.15) is 0 Å². The Labute approximate surface area is 100 Å². The highest BCUT2D eigenvalue weighted by atomic mass is 14.6. The lowest BCUT2D eigenvalue weighted by Gasteiger charge is -2.14. The van der Waals surface area contributed by atoms with E-state index in [4.69, 9.17) is 0 Å². The first-order valence-electron chi connectivity index (χ1n) is 6.75. The highest BCUT2D eigenvalue weighted by Gasteiger charge is 2.07. The summed E-state index contributed by atoms with van der Waals surface area (Å²) < 4.78 is 0. The number of unbranched alkanes of at least 4 members (excludes halogenated alkanes) is 3. The highest BCUT2D eigenvalue weighted by Crippen LogP contribution is 2.18. The van der Waals surface area contributed by atoms with Gasteiger partial charge < -0.3 is 0 Å². The lowest BCUT2D eigenvalue weighted by atomic mass is 9.92. The standard InChI is InChI=1S/C15H25N/c1-3-5-6-7-9-14(4-2)12-15-10-8-11-16-13-15/h8,10-11,13-14H,3-7,9,12H2,1-2H3. The van der Waals surface area contributed by atoms with Crippen molar-refractivity contribution in [2.24, 2.45) is 5.92 Å². The molecule has 0 aliphatic heterocycles. The molecule has 0 saturated heterocycles. The molecule has 0 saturated carbocycles. The van der Waals surface area contributed by atoms with Crippen LogP contribution >= 0.6 is 0 Å². The monoisotopic (exact) mass is 219 g/mol. The Kier molecular flexibility index (Phi) is 6.87. The molecule has 0 amide bonds. The first-order chi connectivity index (χ1) is 7.86. The van der Waals surface area contributed by atoms with E-state index in [2.05, 4.69) is 24.9 Å². The Bertz CT molecular complexity index is 255. The molecule has 0 aliphatic rings. The molecule has 0 N–H and O–H groups in total. The van der Waals surface area contributed by atoms with Crippen molar-refractivity contribution in [3.63, 3.8) is 0 Å². The van der Waals surface area contributed by atoms with Gasteiger partial charge in [0.05, 0.1) is 0 Å². The minimum Gasteiger partial charge on any atom is -0.264 e. The Morgan fingerprint density at radius 2 is 2.06 bits per heavy atom. The molecule has 1 heteroatoms. The van der Waals surface area contributed by atoms with Crippen molar-refractivity contribution in [1.82, 2.24) is 4.98 Å². The topological polar surface area (TPSA) is 12.9 Å². The second kappa shape index (κ2) is 8.32.